The lowest BCUT2D eigenvalue weighted by Crippen LogP contribution is -1.99. The average molecular weight is 329 g/mol. The molecule has 0 aliphatic rings. The Morgan fingerprint density at radius 3 is 2.67 bits per heavy atom. The molecule has 0 saturated carbocycles. The van der Waals surface area contributed by atoms with Crippen molar-refractivity contribution in [1.82, 2.24) is 9.97 Å². The molecule has 0 radical (unpaired) electrons. The van der Waals surface area contributed by atoms with Gasteiger partial charge < -0.3 is 9.72 Å². The third-order valence-electron chi connectivity index (χ3n) is 2.34. The van der Waals surface area contributed by atoms with Crippen LogP contribution >= 0.6 is 28.1 Å². The minimum Gasteiger partial charge on any atom is -0.378 e. The van der Waals surface area contributed by atoms with Gasteiger partial charge in [-0.1, -0.05) is 12.2 Å². The van der Waals surface area contributed by atoms with Crippen molar-refractivity contribution in [3.8, 4) is 11.4 Å². The van der Waals surface area contributed by atoms with Gasteiger partial charge in [-0.15, -0.1) is 0 Å². The Morgan fingerprint density at radius 2 is 2.06 bits per heavy atom. The Morgan fingerprint density at radius 1 is 1.39 bits per heavy atom. The highest BCUT2D eigenvalue weighted by molar-refractivity contribution is 9.10. The standard InChI is InChI=1S/C12H10BrFN2OS/c1-17-6-9-10(13)12(18)16-11(15-9)7-2-4-8(14)5-3-7/h2-5H,6H2,1H3,(H,15,16,18). The minimum atomic E-state index is -0.286. The van der Waals surface area contributed by atoms with Crippen LogP contribution in [0.4, 0.5) is 4.39 Å². The molecule has 1 N–H and O–H groups in total. The Balaban J connectivity index is 2.51. The fraction of sp³-hybridized carbons (Fsp3) is 0.167. The number of rotatable bonds is 3. The summed E-state index contributed by atoms with van der Waals surface area (Å²) in [6, 6.07) is 6.05. The molecule has 18 heavy (non-hydrogen) atoms. The zero-order valence-electron chi connectivity index (χ0n) is 9.54. The topological polar surface area (TPSA) is 37.9 Å². The molecule has 0 aliphatic carbocycles. The molecule has 1 heterocycles. The van der Waals surface area contributed by atoms with E-state index in [9.17, 15) is 4.39 Å². The quantitative estimate of drug-likeness (QED) is 0.869. The summed E-state index contributed by atoms with van der Waals surface area (Å²) in [4.78, 5) is 7.37. The van der Waals surface area contributed by atoms with Crippen molar-refractivity contribution in [3.63, 3.8) is 0 Å². The fourth-order valence-electron chi connectivity index (χ4n) is 1.49. The molecule has 0 aliphatic heterocycles. The van der Waals surface area contributed by atoms with Crippen LogP contribution in [0.5, 0.6) is 0 Å². The first-order valence-corrected chi connectivity index (χ1v) is 6.35. The molecule has 0 unspecified atom stereocenters. The van der Waals surface area contributed by atoms with Crippen LogP contribution in [0.2, 0.25) is 0 Å². The summed E-state index contributed by atoms with van der Waals surface area (Å²) >= 11 is 8.52. The van der Waals surface area contributed by atoms with Gasteiger partial charge in [-0.25, -0.2) is 9.37 Å². The van der Waals surface area contributed by atoms with Gasteiger partial charge in [-0.3, -0.25) is 0 Å². The van der Waals surface area contributed by atoms with E-state index >= 15 is 0 Å². The summed E-state index contributed by atoms with van der Waals surface area (Å²) < 4.78 is 19.1. The maximum Gasteiger partial charge on any atom is 0.144 e. The predicted molar refractivity (Wildman–Crippen MR) is 73.2 cm³/mol. The summed E-state index contributed by atoms with van der Waals surface area (Å²) in [6.07, 6.45) is 0. The SMILES string of the molecule is COCc1[nH]c(-c2ccc(F)cc2)nc(=S)c1Br. The van der Waals surface area contributed by atoms with Crippen LogP contribution < -0.4 is 0 Å². The second-order valence-corrected chi connectivity index (χ2v) is 4.80. The zero-order chi connectivity index (χ0) is 13.1. The first kappa shape index (κ1) is 13.3. The summed E-state index contributed by atoms with van der Waals surface area (Å²) in [5.41, 5.74) is 1.57. The largest absolute Gasteiger partial charge is 0.378 e. The lowest BCUT2D eigenvalue weighted by molar-refractivity contribution is 0.181. The molecule has 2 rings (SSSR count). The number of ether oxygens (including phenoxy) is 1. The molecule has 1 aromatic heterocycles. The molecule has 1 aromatic carbocycles. The molecule has 0 spiro atoms. The van der Waals surface area contributed by atoms with Crippen molar-refractivity contribution in [2.45, 2.75) is 6.61 Å². The first-order valence-electron chi connectivity index (χ1n) is 5.15. The number of benzene rings is 1. The maximum atomic E-state index is 12.9. The first-order chi connectivity index (χ1) is 8.61. The van der Waals surface area contributed by atoms with E-state index in [-0.39, 0.29) is 5.82 Å². The smallest absolute Gasteiger partial charge is 0.144 e. The molecule has 94 valence electrons. The van der Waals surface area contributed by atoms with Gasteiger partial charge in [0.05, 0.1) is 16.8 Å². The zero-order valence-corrected chi connectivity index (χ0v) is 11.9. The van der Waals surface area contributed by atoms with Crippen molar-refractivity contribution in [2.75, 3.05) is 7.11 Å². The molecule has 2 aromatic rings. The van der Waals surface area contributed by atoms with E-state index in [0.29, 0.717) is 21.5 Å². The van der Waals surface area contributed by atoms with Crippen LogP contribution in [0.3, 0.4) is 0 Å². The van der Waals surface area contributed by atoms with E-state index in [1.165, 1.54) is 12.1 Å². The van der Waals surface area contributed by atoms with Crippen molar-refractivity contribution in [3.05, 3.63) is 44.9 Å². The van der Waals surface area contributed by atoms with E-state index in [1.54, 1.807) is 19.2 Å². The maximum absolute atomic E-state index is 12.9. The summed E-state index contributed by atoms with van der Waals surface area (Å²) in [5, 5.41) is 0. The van der Waals surface area contributed by atoms with Crippen LogP contribution in [-0.2, 0) is 11.3 Å². The number of halogens is 2. The predicted octanol–water partition coefficient (Wildman–Crippen LogP) is 3.85. The number of nitrogens with zero attached hydrogens (tertiary/aromatic N) is 1. The highest BCUT2D eigenvalue weighted by Crippen LogP contribution is 2.21. The van der Waals surface area contributed by atoms with Crippen molar-refractivity contribution >= 4 is 28.1 Å². The van der Waals surface area contributed by atoms with E-state index in [2.05, 4.69) is 25.9 Å². The van der Waals surface area contributed by atoms with E-state index in [4.69, 9.17) is 17.0 Å². The van der Waals surface area contributed by atoms with Crippen LogP contribution in [0.15, 0.2) is 28.7 Å². The van der Waals surface area contributed by atoms with Gasteiger partial charge >= 0.3 is 0 Å². The third-order valence-corrected chi connectivity index (χ3v) is 3.75. The average Bonchev–Trinajstić information content (AvgIpc) is 2.36. The summed E-state index contributed by atoms with van der Waals surface area (Å²) in [5.74, 6) is 0.307. The Labute approximate surface area is 117 Å². The van der Waals surface area contributed by atoms with Gasteiger partial charge in [0.15, 0.2) is 0 Å². The second kappa shape index (κ2) is 5.69. The molecule has 0 bridgehead atoms. The second-order valence-electron chi connectivity index (χ2n) is 3.62. The van der Waals surface area contributed by atoms with Crippen LogP contribution in [-0.4, -0.2) is 17.1 Å². The molecule has 6 heteroatoms. The lowest BCUT2D eigenvalue weighted by atomic mass is 10.2. The van der Waals surface area contributed by atoms with Gasteiger partial charge in [0.1, 0.15) is 16.3 Å². The Kier molecular flexibility index (Phi) is 4.21. The summed E-state index contributed by atoms with van der Waals surface area (Å²) in [7, 11) is 1.60. The lowest BCUT2D eigenvalue weighted by Gasteiger charge is -2.07. The molecule has 0 fully saturated rings. The van der Waals surface area contributed by atoms with Gasteiger partial charge in [-0.05, 0) is 40.2 Å². The van der Waals surface area contributed by atoms with E-state index in [0.717, 1.165) is 11.3 Å². The van der Waals surface area contributed by atoms with E-state index < -0.39 is 0 Å². The molecule has 3 nitrogen and oxygen atoms in total. The Hall–Kier alpha value is -1.11. The number of hydrogen-bond acceptors (Lipinski definition) is 3. The molecule has 0 saturated heterocycles. The molecule has 0 atom stereocenters. The highest BCUT2D eigenvalue weighted by atomic mass is 79.9. The normalized spacial score (nSPS) is 10.6. The number of hydrogen-bond donors (Lipinski definition) is 1. The van der Waals surface area contributed by atoms with Gasteiger partial charge in [0.2, 0.25) is 0 Å². The van der Waals surface area contributed by atoms with Crippen LogP contribution in [0, 0.1) is 10.5 Å². The van der Waals surface area contributed by atoms with E-state index in [1.807, 2.05) is 0 Å². The van der Waals surface area contributed by atoms with Crippen LogP contribution in [0.1, 0.15) is 5.69 Å². The molecule has 0 amide bonds. The number of aromatic amines is 1. The number of methoxy groups -OCH3 is 1. The number of aromatic nitrogens is 2. The summed E-state index contributed by atoms with van der Waals surface area (Å²) in [6.45, 7) is 0.390. The number of nitrogens with one attached hydrogen (secondary N) is 1. The van der Waals surface area contributed by atoms with Crippen LogP contribution in [0.25, 0.3) is 11.4 Å². The highest BCUT2D eigenvalue weighted by Gasteiger charge is 2.07. The minimum absolute atomic E-state index is 0.286. The molecular weight excluding hydrogens is 319 g/mol. The van der Waals surface area contributed by atoms with Gasteiger partial charge in [0.25, 0.3) is 0 Å². The van der Waals surface area contributed by atoms with Gasteiger partial charge in [-0.2, -0.15) is 0 Å². The van der Waals surface area contributed by atoms with Crippen molar-refractivity contribution in [2.24, 2.45) is 0 Å². The monoisotopic (exact) mass is 328 g/mol. The number of H-pyrrole nitrogens is 1. The van der Waals surface area contributed by atoms with Crippen molar-refractivity contribution in [1.29, 1.82) is 0 Å². The molecular formula is C12H10BrFN2OS. The van der Waals surface area contributed by atoms with Crippen molar-refractivity contribution < 1.29 is 9.13 Å². The Bertz CT molecular complexity index is 612. The van der Waals surface area contributed by atoms with Gasteiger partial charge in [0, 0.05) is 12.7 Å². The fourth-order valence-corrected chi connectivity index (χ4v) is 2.01. The third kappa shape index (κ3) is 2.82.